The number of carbonyl (C=O) groups excluding carboxylic acids is 2. The highest BCUT2D eigenvalue weighted by atomic mass is 127. The third-order valence-electron chi connectivity index (χ3n) is 3.45. The van der Waals surface area contributed by atoms with Crippen LogP contribution in [0.2, 0.25) is 0 Å². The number of carbonyl (C=O) groups is 2. The average Bonchev–Trinajstić information content (AvgIpc) is 2.65. The van der Waals surface area contributed by atoms with Gasteiger partial charge in [-0.05, 0) is 11.6 Å². The van der Waals surface area contributed by atoms with Gasteiger partial charge in [-0.3, -0.25) is 14.5 Å². The highest BCUT2D eigenvalue weighted by Gasteiger charge is 2.54. The summed E-state index contributed by atoms with van der Waals surface area (Å²) >= 11 is 1.95. The van der Waals surface area contributed by atoms with Crippen LogP contribution >= 0.6 is 22.6 Å². The van der Waals surface area contributed by atoms with Crippen LogP contribution in [0.5, 0.6) is 0 Å². The molecule has 1 fully saturated rings. The standard InChI is InChI=1S/C11H13IN4O4/c1-6-9(19)11(5-12,14-15-13)20-10(6)16-3-2-7(17)4-8(16)18/h2-3,6,9-10,19H,4-5H2,1H3/t6-,9-,10+,11+/m0/s1. The van der Waals surface area contributed by atoms with Crippen molar-refractivity contribution in [3.63, 3.8) is 0 Å². The van der Waals surface area contributed by atoms with Crippen LogP contribution in [0.15, 0.2) is 17.4 Å². The van der Waals surface area contributed by atoms with Crippen molar-refractivity contribution in [3.05, 3.63) is 22.7 Å². The van der Waals surface area contributed by atoms with Crippen LogP contribution in [0.1, 0.15) is 13.3 Å². The number of aliphatic hydroxyl groups excluding tert-OH is 1. The summed E-state index contributed by atoms with van der Waals surface area (Å²) in [6, 6.07) is 0. The smallest absolute Gasteiger partial charge is 0.236 e. The van der Waals surface area contributed by atoms with Crippen molar-refractivity contribution >= 4 is 34.3 Å². The van der Waals surface area contributed by atoms with E-state index in [0.717, 1.165) is 0 Å². The molecule has 2 aliphatic heterocycles. The zero-order valence-electron chi connectivity index (χ0n) is 10.6. The molecule has 0 aromatic rings. The molecule has 1 saturated heterocycles. The average molecular weight is 392 g/mol. The largest absolute Gasteiger partial charge is 0.389 e. The van der Waals surface area contributed by atoms with Gasteiger partial charge in [-0.25, -0.2) is 0 Å². The predicted octanol–water partition coefficient (Wildman–Crippen LogP) is 1.10. The molecular weight excluding hydrogens is 379 g/mol. The summed E-state index contributed by atoms with van der Waals surface area (Å²) in [7, 11) is 0. The second-order valence-corrected chi connectivity index (χ2v) is 5.50. The van der Waals surface area contributed by atoms with Gasteiger partial charge >= 0.3 is 0 Å². The Morgan fingerprint density at radius 3 is 2.95 bits per heavy atom. The van der Waals surface area contributed by atoms with Crippen LogP contribution in [0, 0.1) is 5.92 Å². The van der Waals surface area contributed by atoms with E-state index in [1.807, 2.05) is 22.6 Å². The van der Waals surface area contributed by atoms with Gasteiger partial charge in [0.1, 0.15) is 6.23 Å². The Morgan fingerprint density at radius 2 is 2.40 bits per heavy atom. The fourth-order valence-electron chi connectivity index (χ4n) is 2.33. The highest BCUT2D eigenvalue weighted by molar-refractivity contribution is 14.1. The van der Waals surface area contributed by atoms with Crippen molar-refractivity contribution in [3.8, 4) is 0 Å². The third kappa shape index (κ3) is 2.41. The molecule has 0 aromatic heterocycles. The van der Waals surface area contributed by atoms with E-state index in [4.69, 9.17) is 10.3 Å². The molecule has 0 bridgehead atoms. The first-order chi connectivity index (χ1) is 9.45. The molecule has 0 aromatic carbocycles. The molecule has 0 radical (unpaired) electrons. The van der Waals surface area contributed by atoms with Crippen LogP contribution in [-0.4, -0.2) is 44.2 Å². The van der Waals surface area contributed by atoms with Gasteiger partial charge in [0.15, 0.2) is 11.5 Å². The minimum absolute atomic E-state index is 0.224. The highest BCUT2D eigenvalue weighted by Crippen LogP contribution is 2.40. The molecule has 20 heavy (non-hydrogen) atoms. The molecular formula is C11H13IN4O4. The summed E-state index contributed by atoms with van der Waals surface area (Å²) < 4.78 is 5.92. The molecule has 1 amide bonds. The van der Waals surface area contributed by atoms with Crippen molar-refractivity contribution in [1.82, 2.24) is 4.90 Å². The van der Waals surface area contributed by atoms with E-state index in [1.54, 1.807) is 6.92 Å². The number of alkyl halides is 1. The van der Waals surface area contributed by atoms with Gasteiger partial charge in [-0.2, -0.15) is 0 Å². The molecule has 2 heterocycles. The van der Waals surface area contributed by atoms with Gasteiger partial charge in [-0.15, -0.1) is 0 Å². The maximum Gasteiger partial charge on any atom is 0.236 e. The minimum atomic E-state index is -1.39. The molecule has 108 valence electrons. The van der Waals surface area contributed by atoms with E-state index in [0.29, 0.717) is 0 Å². The van der Waals surface area contributed by atoms with Gasteiger partial charge in [-0.1, -0.05) is 34.6 Å². The van der Waals surface area contributed by atoms with Crippen LogP contribution < -0.4 is 0 Å². The zero-order chi connectivity index (χ0) is 14.9. The van der Waals surface area contributed by atoms with Crippen molar-refractivity contribution in [2.45, 2.75) is 31.4 Å². The van der Waals surface area contributed by atoms with E-state index >= 15 is 0 Å². The van der Waals surface area contributed by atoms with E-state index in [1.165, 1.54) is 17.2 Å². The number of hydrogen-bond donors (Lipinski definition) is 1. The SMILES string of the molecule is C[C@@H]1[C@H](N2C=CC(=O)CC2=O)O[C@@](CI)(N=[N+]=[N-])[C@H]1O. The summed E-state index contributed by atoms with van der Waals surface area (Å²) in [5, 5.41) is 13.8. The lowest BCUT2D eigenvalue weighted by Crippen LogP contribution is -2.43. The second kappa shape index (κ2) is 5.68. The summed E-state index contributed by atoms with van der Waals surface area (Å²) in [5.41, 5.74) is 7.24. The fourth-order valence-corrected chi connectivity index (χ4v) is 3.11. The van der Waals surface area contributed by atoms with E-state index in [9.17, 15) is 14.7 Å². The fraction of sp³-hybridized carbons (Fsp3) is 0.636. The molecule has 0 saturated carbocycles. The third-order valence-corrected chi connectivity index (χ3v) is 4.54. The van der Waals surface area contributed by atoms with Crippen LogP contribution in [0.3, 0.4) is 0 Å². The quantitative estimate of drug-likeness (QED) is 0.193. The normalized spacial score (nSPS) is 37.1. The number of ketones is 1. The lowest BCUT2D eigenvalue weighted by atomic mass is 9.98. The molecule has 1 N–H and O–H groups in total. The molecule has 4 atom stereocenters. The molecule has 9 heteroatoms. The minimum Gasteiger partial charge on any atom is -0.389 e. The van der Waals surface area contributed by atoms with Gasteiger partial charge in [0, 0.05) is 21.5 Å². The molecule has 0 unspecified atom stereocenters. The van der Waals surface area contributed by atoms with Gasteiger partial charge in [0.05, 0.1) is 12.5 Å². The van der Waals surface area contributed by atoms with Gasteiger partial charge in [0.2, 0.25) is 5.91 Å². The van der Waals surface area contributed by atoms with Crippen molar-refractivity contribution in [1.29, 1.82) is 0 Å². The summed E-state index contributed by atoms with van der Waals surface area (Å²) in [5.74, 6) is -1.11. The Bertz CT molecular complexity index is 519. The molecule has 2 rings (SSSR count). The number of amides is 1. The van der Waals surface area contributed by atoms with E-state index in [-0.39, 0.29) is 16.6 Å². The van der Waals surface area contributed by atoms with Crippen LogP contribution in [-0.2, 0) is 14.3 Å². The summed E-state index contributed by atoms with van der Waals surface area (Å²) in [4.78, 5) is 27.1. The Hall–Kier alpha value is -1.16. The van der Waals surface area contributed by atoms with Crippen molar-refractivity contribution < 1.29 is 19.4 Å². The summed E-state index contributed by atoms with van der Waals surface area (Å²) in [6.07, 6.45) is 0.627. The van der Waals surface area contributed by atoms with E-state index < -0.39 is 29.9 Å². The maximum absolute atomic E-state index is 11.9. The van der Waals surface area contributed by atoms with Gasteiger partial charge < -0.3 is 9.84 Å². The lowest BCUT2D eigenvalue weighted by Gasteiger charge is -2.30. The monoisotopic (exact) mass is 392 g/mol. The first-order valence-corrected chi connectivity index (χ1v) is 7.48. The van der Waals surface area contributed by atoms with Crippen molar-refractivity contribution in [2.75, 3.05) is 4.43 Å². The predicted molar refractivity (Wildman–Crippen MR) is 76.4 cm³/mol. The topological polar surface area (TPSA) is 116 Å². The Labute approximate surface area is 128 Å². The summed E-state index contributed by atoms with van der Waals surface area (Å²) in [6.45, 7) is 1.70. The van der Waals surface area contributed by atoms with Gasteiger partial charge in [0.25, 0.3) is 0 Å². The molecule has 0 aliphatic carbocycles. The lowest BCUT2D eigenvalue weighted by molar-refractivity contribution is -0.149. The molecule has 8 nitrogen and oxygen atoms in total. The molecule has 2 aliphatic rings. The van der Waals surface area contributed by atoms with E-state index in [2.05, 4.69) is 10.0 Å². The maximum atomic E-state index is 11.9. The van der Waals surface area contributed by atoms with Crippen LogP contribution in [0.4, 0.5) is 0 Å². The number of aliphatic hydroxyl groups is 1. The Balaban J connectivity index is 2.31. The zero-order valence-corrected chi connectivity index (χ0v) is 12.8. The van der Waals surface area contributed by atoms with Crippen molar-refractivity contribution in [2.24, 2.45) is 11.0 Å². The first-order valence-electron chi connectivity index (χ1n) is 5.95. The number of rotatable bonds is 3. The number of azide groups is 1. The Morgan fingerprint density at radius 1 is 1.70 bits per heavy atom. The Kier molecular flexibility index (Phi) is 4.33. The second-order valence-electron chi connectivity index (χ2n) is 4.74. The van der Waals surface area contributed by atoms with Crippen LogP contribution in [0.25, 0.3) is 10.4 Å². The number of halogens is 1. The number of ether oxygens (including phenoxy) is 1. The number of hydrogen-bond acceptors (Lipinski definition) is 5. The first kappa shape index (κ1) is 15.2. The number of nitrogens with zero attached hydrogens (tertiary/aromatic N) is 4. The molecule has 0 spiro atoms. The number of allylic oxidation sites excluding steroid dienone is 1.